The van der Waals surface area contributed by atoms with Crippen molar-refractivity contribution in [3.05, 3.63) is 48.4 Å². The van der Waals surface area contributed by atoms with Gasteiger partial charge in [0.05, 0.1) is 28.9 Å². The number of anilines is 3. The van der Waals surface area contributed by atoms with Crippen molar-refractivity contribution in [2.24, 2.45) is 0 Å². The molecule has 3 heterocycles. The van der Waals surface area contributed by atoms with E-state index in [0.717, 1.165) is 11.2 Å². The summed E-state index contributed by atoms with van der Waals surface area (Å²) in [7, 11) is 0. The fraction of sp³-hybridized carbons (Fsp3) is 0.409. The average Bonchev–Trinajstić information content (AvgIpc) is 3.11. The van der Waals surface area contributed by atoms with Gasteiger partial charge in [-0.1, -0.05) is 0 Å². The second kappa shape index (κ2) is 8.50. The molecule has 3 aromatic rings. The Labute approximate surface area is 180 Å². The van der Waals surface area contributed by atoms with Gasteiger partial charge in [-0.2, -0.15) is 5.10 Å². The summed E-state index contributed by atoms with van der Waals surface area (Å²) in [4.78, 5) is 17.1. The summed E-state index contributed by atoms with van der Waals surface area (Å²) in [6, 6.07) is 7.44. The van der Waals surface area contributed by atoms with Crippen molar-refractivity contribution in [1.82, 2.24) is 19.9 Å². The summed E-state index contributed by atoms with van der Waals surface area (Å²) >= 11 is 0. The van der Waals surface area contributed by atoms with Gasteiger partial charge in [0.15, 0.2) is 0 Å². The number of hydrogen-bond acceptors (Lipinski definition) is 6. The average molecular weight is 429 g/mol. The van der Waals surface area contributed by atoms with Gasteiger partial charge in [-0.15, -0.1) is 0 Å². The van der Waals surface area contributed by atoms with Crippen molar-refractivity contribution in [3.63, 3.8) is 0 Å². The summed E-state index contributed by atoms with van der Waals surface area (Å²) < 4.78 is 15.8. The van der Waals surface area contributed by atoms with Crippen LogP contribution in [0.25, 0.3) is 5.52 Å². The topological polar surface area (TPSA) is 104 Å². The molecule has 9 heteroatoms. The predicted molar refractivity (Wildman–Crippen MR) is 120 cm³/mol. The minimum Gasteiger partial charge on any atom is -0.387 e. The Morgan fingerprint density at radius 3 is 2.65 bits per heavy atom. The SMILES string of the molecule is CC(C)(C)Nc1cc(Nc2ccn3nccc3c2)ncc1C(=O)NC[C@@H](F)C(C)(C)O. The van der Waals surface area contributed by atoms with Crippen LogP contribution < -0.4 is 16.0 Å². The second-order valence-corrected chi connectivity index (χ2v) is 9.06. The summed E-state index contributed by atoms with van der Waals surface area (Å²) in [6.45, 7) is 8.34. The lowest BCUT2D eigenvalue weighted by Gasteiger charge is -2.25. The molecule has 3 rings (SSSR count). The van der Waals surface area contributed by atoms with Crippen molar-refractivity contribution in [2.75, 3.05) is 17.2 Å². The zero-order valence-electron chi connectivity index (χ0n) is 18.4. The summed E-state index contributed by atoms with van der Waals surface area (Å²) in [5.74, 6) is 0.0744. The standard InChI is InChI=1S/C22H29FN6O2/c1-21(2,3)28-17-11-19(27-14-7-9-29-15(10-14)6-8-26-29)24-12-16(17)20(30)25-13-18(23)22(4,5)31/h6-12,18,31H,13H2,1-5H3,(H,25,30)(H2,24,27,28)/t18-/m1/s1. The molecule has 4 N–H and O–H groups in total. The highest BCUT2D eigenvalue weighted by Gasteiger charge is 2.27. The first-order chi connectivity index (χ1) is 14.4. The molecule has 0 aliphatic heterocycles. The van der Waals surface area contributed by atoms with E-state index in [-0.39, 0.29) is 17.6 Å². The van der Waals surface area contributed by atoms with Gasteiger partial charge < -0.3 is 21.1 Å². The van der Waals surface area contributed by atoms with Gasteiger partial charge in [-0.25, -0.2) is 13.9 Å². The van der Waals surface area contributed by atoms with Crippen molar-refractivity contribution < 1.29 is 14.3 Å². The largest absolute Gasteiger partial charge is 0.387 e. The van der Waals surface area contributed by atoms with Gasteiger partial charge in [0, 0.05) is 35.9 Å². The molecule has 0 saturated heterocycles. The third-order valence-corrected chi connectivity index (χ3v) is 4.54. The maximum Gasteiger partial charge on any atom is 0.255 e. The Morgan fingerprint density at radius 2 is 1.97 bits per heavy atom. The molecule has 1 atom stereocenters. The normalized spacial score (nSPS) is 13.1. The highest BCUT2D eigenvalue weighted by atomic mass is 19.1. The molecule has 31 heavy (non-hydrogen) atoms. The third kappa shape index (κ3) is 5.91. The van der Waals surface area contributed by atoms with E-state index in [9.17, 15) is 14.3 Å². The number of carbonyl (C=O) groups is 1. The second-order valence-electron chi connectivity index (χ2n) is 9.06. The maximum atomic E-state index is 14.0. The van der Waals surface area contributed by atoms with Gasteiger partial charge in [-0.05, 0) is 52.8 Å². The highest BCUT2D eigenvalue weighted by molar-refractivity contribution is 6.00. The van der Waals surface area contributed by atoms with Crippen LogP contribution in [0, 0.1) is 0 Å². The Kier molecular flexibility index (Phi) is 6.17. The number of fused-ring (bicyclic) bond motifs is 1. The minimum atomic E-state index is -1.59. The summed E-state index contributed by atoms with van der Waals surface area (Å²) in [6.07, 6.45) is 3.41. The number of rotatable bonds is 7. The van der Waals surface area contributed by atoms with Crippen molar-refractivity contribution >= 4 is 28.6 Å². The molecular formula is C22H29FN6O2. The Bertz CT molecular complexity index is 1070. The quantitative estimate of drug-likeness (QED) is 0.459. The number of aromatic nitrogens is 3. The zero-order valence-corrected chi connectivity index (χ0v) is 18.4. The van der Waals surface area contributed by atoms with Crippen LogP contribution in [-0.2, 0) is 0 Å². The van der Waals surface area contributed by atoms with Crippen LogP contribution in [0.2, 0.25) is 0 Å². The van der Waals surface area contributed by atoms with Gasteiger partial charge >= 0.3 is 0 Å². The molecule has 0 fully saturated rings. The molecule has 0 spiro atoms. The molecule has 0 saturated carbocycles. The lowest BCUT2D eigenvalue weighted by atomic mass is 10.0. The number of hydrogen-bond donors (Lipinski definition) is 4. The first-order valence-electron chi connectivity index (χ1n) is 10.1. The third-order valence-electron chi connectivity index (χ3n) is 4.54. The first-order valence-corrected chi connectivity index (χ1v) is 10.1. The lowest BCUT2D eigenvalue weighted by molar-refractivity contribution is -0.00177. The van der Waals surface area contributed by atoms with Crippen LogP contribution in [0.5, 0.6) is 0 Å². The van der Waals surface area contributed by atoms with Gasteiger partial charge in [0.2, 0.25) is 0 Å². The molecule has 1 amide bonds. The Morgan fingerprint density at radius 1 is 1.23 bits per heavy atom. The smallest absolute Gasteiger partial charge is 0.255 e. The number of aliphatic hydroxyl groups is 1. The van der Waals surface area contributed by atoms with Crippen LogP contribution in [-0.4, -0.2) is 49.5 Å². The van der Waals surface area contributed by atoms with Gasteiger partial charge in [0.1, 0.15) is 12.0 Å². The fourth-order valence-corrected chi connectivity index (χ4v) is 2.89. The number of pyridine rings is 2. The fourth-order valence-electron chi connectivity index (χ4n) is 2.89. The number of carbonyl (C=O) groups excluding carboxylic acids is 1. The number of nitrogens with one attached hydrogen (secondary N) is 3. The van der Waals surface area contributed by atoms with Crippen LogP contribution >= 0.6 is 0 Å². The highest BCUT2D eigenvalue weighted by Crippen LogP contribution is 2.25. The summed E-state index contributed by atoms with van der Waals surface area (Å²) in [5.41, 5.74) is 0.746. The maximum absolute atomic E-state index is 14.0. The molecule has 0 unspecified atom stereocenters. The molecule has 0 radical (unpaired) electrons. The van der Waals surface area contributed by atoms with E-state index in [2.05, 4.69) is 26.0 Å². The van der Waals surface area contributed by atoms with Crippen molar-refractivity contribution in [1.29, 1.82) is 0 Å². The Balaban J connectivity index is 1.83. The molecule has 3 aromatic heterocycles. The van der Waals surface area contributed by atoms with E-state index in [4.69, 9.17) is 0 Å². The molecule has 8 nitrogen and oxygen atoms in total. The van der Waals surface area contributed by atoms with Gasteiger partial charge in [0.25, 0.3) is 5.91 Å². The van der Waals surface area contributed by atoms with Crippen LogP contribution in [0.15, 0.2) is 42.9 Å². The Hall–Kier alpha value is -3.20. The lowest BCUT2D eigenvalue weighted by Crippen LogP contribution is -2.42. The van der Waals surface area contributed by atoms with E-state index >= 15 is 0 Å². The predicted octanol–water partition coefficient (Wildman–Crippen LogP) is 3.52. The van der Waals surface area contributed by atoms with Crippen LogP contribution in [0.1, 0.15) is 45.0 Å². The van der Waals surface area contributed by atoms with E-state index in [0.29, 0.717) is 11.5 Å². The van der Waals surface area contributed by atoms with Crippen LogP contribution in [0.3, 0.4) is 0 Å². The molecular weight excluding hydrogens is 399 g/mol. The number of halogens is 1. The van der Waals surface area contributed by atoms with Gasteiger partial charge in [-0.3, -0.25) is 4.79 Å². The van der Waals surface area contributed by atoms with E-state index in [1.807, 2.05) is 45.2 Å². The van der Waals surface area contributed by atoms with E-state index < -0.39 is 17.7 Å². The van der Waals surface area contributed by atoms with Crippen molar-refractivity contribution in [3.8, 4) is 0 Å². The number of nitrogens with zero attached hydrogens (tertiary/aromatic N) is 3. The summed E-state index contributed by atoms with van der Waals surface area (Å²) in [5, 5.41) is 23.0. The molecule has 166 valence electrons. The van der Waals surface area contributed by atoms with Crippen LogP contribution in [0.4, 0.5) is 21.6 Å². The monoisotopic (exact) mass is 428 g/mol. The minimum absolute atomic E-state index is 0.287. The number of alkyl halides is 1. The first kappa shape index (κ1) is 22.5. The molecule has 0 aliphatic rings. The number of amides is 1. The van der Waals surface area contributed by atoms with E-state index in [1.54, 1.807) is 16.8 Å². The molecule has 0 aliphatic carbocycles. The van der Waals surface area contributed by atoms with Crippen molar-refractivity contribution in [2.45, 2.75) is 51.9 Å². The zero-order chi connectivity index (χ0) is 22.8. The van der Waals surface area contributed by atoms with E-state index in [1.165, 1.54) is 20.0 Å². The molecule has 0 bridgehead atoms. The molecule has 0 aromatic carbocycles.